The van der Waals surface area contributed by atoms with Crippen molar-refractivity contribution in [1.82, 2.24) is 15.5 Å². The Labute approximate surface area is 92.1 Å². The van der Waals surface area contributed by atoms with Crippen molar-refractivity contribution in [1.29, 1.82) is 0 Å². The van der Waals surface area contributed by atoms with Gasteiger partial charge >= 0.3 is 12.0 Å². The number of piperazine rings is 1. The molecule has 0 radical (unpaired) electrons. The predicted octanol–water partition coefficient (Wildman–Crippen LogP) is -1.23. The number of carbonyl (C=O) groups is 3. The minimum atomic E-state index is -1.14. The average Bonchev–Trinajstić information content (AvgIpc) is 2.25. The van der Waals surface area contributed by atoms with Crippen LogP contribution in [0.1, 0.15) is 0 Å². The molecule has 3 amide bonds. The van der Waals surface area contributed by atoms with Crippen LogP contribution in [-0.2, 0) is 9.59 Å². The lowest BCUT2D eigenvalue weighted by Crippen LogP contribution is -2.61. The summed E-state index contributed by atoms with van der Waals surface area (Å²) in [7, 11) is 0. The lowest BCUT2D eigenvalue weighted by molar-refractivity contribution is -0.144. The molecule has 0 aromatic rings. The van der Waals surface area contributed by atoms with Gasteiger partial charge in [0.05, 0.1) is 0 Å². The highest BCUT2D eigenvalue weighted by atomic mass is 16.4. The quantitative estimate of drug-likeness (QED) is 0.525. The van der Waals surface area contributed by atoms with Crippen molar-refractivity contribution >= 4 is 17.9 Å². The second-order valence-electron chi connectivity index (χ2n) is 3.26. The molecule has 1 aliphatic rings. The molecule has 1 aliphatic heterocycles. The molecule has 1 heterocycles. The van der Waals surface area contributed by atoms with E-state index in [0.29, 0.717) is 0 Å². The number of carboxylic acids is 1. The largest absolute Gasteiger partial charge is 0.480 e. The lowest BCUT2D eigenvalue weighted by atomic mass is 10.2. The monoisotopic (exact) mass is 227 g/mol. The van der Waals surface area contributed by atoms with Crippen molar-refractivity contribution in [3.05, 3.63) is 12.7 Å². The van der Waals surface area contributed by atoms with Crippen molar-refractivity contribution in [3.63, 3.8) is 0 Å². The molecule has 1 saturated heterocycles. The number of nitrogens with zero attached hydrogens (tertiary/aromatic N) is 1. The number of rotatable bonds is 3. The van der Waals surface area contributed by atoms with E-state index in [1.54, 1.807) is 0 Å². The van der Waals surface area contributed by atoms with Crippen molar-refractivity contribution in [2.24, 2.45) is 0 Å². The number of carbonyl (C=O) groups excluding carboxylic acids is 2. The Morgan fingerprint density at radius 2 is 2.38 bits per heavy atom. The highest BCUT2D eigenvalue weighted by Crippen LogP contribution is 2.04. The van der Waals surface area contributed by atoms with Gasteiger partial charge in [-0.1, -0.05) is 6.08 Å². The first kappa shape index (κ1) is 12.0. The maximum atomic E-state index is 11.5. The van der Waals surface area contributed by atoms with Crippen LogP contribution in [0.25, 0.3) is 0 Å². The molecule has 1 atom stereocenters. The summed E-state index contributed by atoms with van der Waals surface area (Å²) in [6.45, 7) is 3.32. The SMILES string of the molecule is C=CCNC(=O)N1CC(=O)NCC1C(=O)O. The summed E-state index contributed by atoms with van der Waals surface area (Å²) in [5, 5.41) is 13.7. The first-order chi connectivity index (χ1) is 7.56. The summed E-state index contributed by atoms with van der Waals surface area (Å²) in [4.78, 5) is 34.5. The Morgan fingerprint density at radius 3 is 2.94 bits per heavy atom. The molecule has 0 bridgehead atoms. The minimum Gasteiger partial charge on any atom is -0.480 e. The van der Waals surface area contributed by atoms with Crippen LogP contribution < -0.4 is 10.6 Å². The van der Waals surface area contributed by atoms with Crippen LogP contribution in [0.5, 0.6) is 0 Å². The maximum Gasteiger partial charge on any atom is 0.328 e. The van der Waals surface area contributed by atoms with Crippen LogP contribution in [0.2, 0.25) is 0 Å². The normalized spacial score (nSPS) is 19.9. The molecule has 16 heavy (non-hydrogen) atoms. The molecule has 88 valence electrons. The highest BCUT2D eigenvalue weighted by Gasteiger charge is 2.34. The lowest BCUT2D eigenvalue weighted by Gasteiger charge is -2.32. The third kappa shape index (κ3) is 2.72. The third-order valence-corrected chi connectivity index (χ3v) is 2.13. The third-order valence-electron chi connectivity index (χ3n) is 2.13. The molecule has 0 saturated carbocycles. The maximum absolute atomic E-state index is 11.5. The molecule has 0 spiro atoms. The summed E-state index contributed by atoms with van der Waals surface area (Å²) >= 11 is 0. The van der Waals surface area contributed by atoms with Crippen molar-refractivity contribution < 1.29 is 19.5 Å². The van der Waals surface area contributed by atoms with Gasteiger partial charge < -0.3 is 15.7 Å². The number of carboxylic acid groups (broad SMARTS) is 1. The smallest absolute Gasteiger partial charge is 0.328 e. The van der Waals surface area contributed by atoms with Gasteiger partial charge in [-0.05, 0) is 0 Å². The van der Waals surface area contributed by atoms with Crippen LogP contribution in [-0.4, -0.2) is 53.6 Å². The van der Waals surface area contributed by atoms with E-state index in [-0.39, 0.29) is 25.5 Å². The Bertz CT molecular complexity index is 329. The van der Waals surface area contributed by atoms with Crippen LogP contribution >= 0.6 is 0 Å². The molecule has 7 nitrogen and oxygen atoms in total. The van der Waals surface area contributed by atoms with Gasteiger partial charge in [0.25, 0.3) is 0 Å². The zero-order valence-electron chi connectivity index (χ0n) is 8.60. The summed E-state index contributed by atoms with van der Waals surface area (Å²) in [6, 6.07) is -1.61. The van der Waals surface area contributed by atoms with Crippen LogP contribution in [0.4, 0.5) is 4.79 Å². The van der Waals surface area contributed by atoms with E-state index in [9.17, 15) is 14.4 Å². The average molecular weight is 227 g/mol. The van der Waals surface area contributed by atoms with Gasteiger partial charge in [-0.3, -0.25) is 9.69 Å². The predicted molar refractivity (Wildman–Crippen MR) is 54.7 cm³/mol. The van der Waals surface area contributed by atoms with Crippen LogP contribution in [0.3, 0.4) is 0 Å². The fourth-order valence-corrected chi connectivity index (χ4v) is 1.34. The number of aliphatic carboxylic acids is 1. The molecule has 0 aromatic carbocycles. The standard InChI is InChI=1S/C9H13N3O4/c1-2-3-10-9(16)12-5-7(13)11-4-6(12)8(14)15/h2,6H,1,3-5H2,(H,10,16)(H,11,13)(H,14,15). The number of urea groups is 1. The van der Waals surface area contributed by atoms with E-state index in [0.717, 1.165) is 4.90 Å². The van der Waals surface area contributed by atoms with E-state index in [2.05, 4.69) is 17.2 Å². The molecule has 1 fully saturated rings. The molecular weight excluding hydrogens is 214 g/mol. The Morgan fingerprint density at radius 1 is 1.69 bits per heavy atom. The number of hydrogen-bond donors (Lipinski definition) is 3. The van der Waals surface area contributed by atoms with Crippen LogP contribution in [0, 0.1) is 0 Å². The Kier molecular flexibility index (Phi) is 3.87. The Balaban J connectivity index is 2.70. The first-order valence-electron chi connectivity index (χ1n) is 4.71. The van der Waals surface area contributed by atoms with Gasteiger partial charge in [-0.25, -0.2) is 9.59 Å². The van der Waals surface area contributed by atoms with E-state index >= 15 is 0 Å². The molecule has 0 aromatic heterocycles. The Hall–Kier alpha value is -2.05. The number of amides is 3. The van der Waals surface area contributed by atoms with Crippen LogP contribution in [0.15, 0.2) is 12.7 Å². The van der Waals surface area contributed by atoms with Gasteiger partial charge in [0.1, 0.15) is 12.6 Å². The topological polar surface area (TPSA) is 98.7 Å². The van der Waals surface area contributed by atoms with Gasteiger partial charge in [0.15, 0.2) is 0 Å². The van der Waals surface area contributed by atoms with Gasteiger partial charge in [-0.15, -0.1) is 6.58 Å². The summed E-state index contributed by atoms with van der Waals surface area (Å²) in [6.07, 6.45) is 1.47. The highest BCUT2D eigenvalue weighted by molar-refractivity contribution is 5.90. The molecule has 0 aliphatic carbocycles. The molecule has 1 rings (SSSR count). The zero-order valence-corrected chi connectivity index (χ0v) is 8.60. The van der Waals surface area contributed by atoms with Gasteiger partial charge in [0.2, 0.25) is 5.91 Å². The fraction of sp³-hybridized carbons (Fsp3) is 0.444. The molecule has 3 N–H and O–H groups in total. The molecule has 1 unspecified atom stereocenters. The zero-order chi connectivity index (χ0) is 12.1. The van der Waals surface area contributed by atoms with E-state index in [1.165, 1.54) is 6.08 Å². The molecular formula is C9H13N3O4. The summed E-state index contributed by atoms with van der Waals surface area (Å²) in [5.74, 6) is -1.51. The van der Waals surface area contributed by atoms with Crippen molar-refractivity contribution in [2.75, 3.05) is 19.6 Å². The van der Waals surface area contributed by atoms with Gasteiger partial charge in [-0.2, -0.15) is 0 Å². The van der Waals surface area contributed by atoms with Crippen molar-refractivity contribution in [3.8, 4) is 0 Å². The first-order valence-corrected chi connectivity index (χ1v) is 4.71. The summed E-state index contributed by atoms with van der Waals surface area (Å²) < 4.78 is 0. The fourth-order valence-electron chi connectivity index (χ4n) is 1.34. The minimum absolute atomic E-state index is 0.0737. The van der Waals surface area contributed by atoms with Crippen molar-refractivity contribution in [2.45, 2.75) is 6.04 Å². The summed E-state index contributed by atoms with van der Waals surface area (Å²) in [5.41, 5.74) is 0. The number of hydrogen-bond acceptors (Lipinski definition) is 3. The second-order valence-corrected chi connectivity index (χ2v) is 3.26. The molecule has 7 heteroatoms. The van der Waals surface area contributed by atoms with Gasteiger partial charge in [0, 0.05) is 13.1 Å². The number of nitrogens with one attached hydrogen (secondary N) is 2. The van der Waals surface area contributed by atoms with E-state index in [4.69, 9.17) is 5.11 Å². The van der Waals surface area contributed by atoms with E-state index < -0.39 is 18.0 Å². The second kappa shape index (κ2) is 5.15. The van der Waals surface area contributed by atoms with E-state index in [1.807, 2.05) is 0 Å².